The van der Waals surface area contributed by atoms with E-state index in [0.717, 1.165) is 0 Å². The predicted molar refractivity (Wildman–Crippen MR) is 69.8 cm³/mol. The van der Waals surface area contributed by atoms with Gasteiger partial charge in [-0.3, -0.25) is 0 Å². The van der Waals surface area contributed by atoms with Crippen molar-refractivity contribution in [1.82, 2.24) is 0 Å². The van der Waals surface area contributed by atoms with Crippen molar-refractivity contribution in [2.24, 2.45) is 5.14 Å². The fourth-order valence-electron chi connectivity index (χ4n) is 1.94. The van der Waals surface area contributed by atoms with Crippen molar-refractivity contribution in [3.05, 3.63) is 18.2 Å². The fraction of sp³-hybridized carbons (Fsp3) is 0.364. The molecular weight excluding hydrogens is 268 g/mol. The zero-order valence-corrected chi connectivity index (χ0v) is 10.9. The van der Waals surface area contributed by atoms with E-state index in [1.54, 1.807) is 6.07 Å². The zero-order chi connectivity index (χ0) is 14.0. The van der Waals surface area contributed by atoms with Crippen LogP contribution in [0.15, 0.2) is 23.1 Å². The number of nitrogen functional groups attached to an aromatic ring is 1. The normalized spacial score (nSPS) is 20.0. The highest BCUT2D eigenvalue weighted by Gasteiger charge is 2.22. The Labute approximate surface area is 111 Å². The van der Waals surface area contributed by atoms with Gasteiger partial charge in [0.1, 0.15) is 0 Å². The number of ether oxygens (including phenoxy) is 1. The Morgan fingerprint density at radius 3 is 2.79 bits per heavy atom. The number of morpholine rings is 1. The number of nitriles is 1. The molecule has 0 amide bonds. The summed E-state index contributed by atoms with van der Waals surface area (Å²) in [6, 6.07) is 6.35. The molecule has 19 heavy (non-hydrogen) atoms. The molecule has 1 saturated heterocycles. The average molecular weight is 282 g/mol. The number of hydrogen-bond donors (Lipinski definition) is 2. The van der Waals surface area contributed by atoms with E-state index < -0.39 is 16.1 Å². The van der Waals surface area contributed by atoms with Crippen LogP contribution in [0.1, 0.15) is 0 Å². The standard InChI is InChI=1S/C11H14N4O3S/c12-6-8-7-15(3-4-18-8)11-2-1-9(5-10(11)13)19(14,16)17/h1-2,5,8H,3-4,7,13H2,(H2,14,16,17). The van der Waals surface area contributed by atoms with Gasteiger partial charge in [-0.2, -0.15) is 5.26 Å². The SMILES string of the molecule is N#CC1CN(c2ccc(S(N)(=O)=O)cc2N)CCO1. The number of rotatable bonds is 2. The second kappa shape index (κ2) is 5.05. The summed E-state index contributed by atoms with van der Waals surface area (Å²) in [7, 11) is -3.76. The highest BCUT2D eigenvalue weighted by atomic mass is 32.2. The highest BCUT2D eigenvalue weighted by molar-refractivity contribution is 7.89. The molecular formula is C11H14N4O3S. The lowest BCUT2D eigenvalue weighted by Gasteiger charge is -2.32. The molecule has 0 aromatic heterocycles. The van der Waals surface area contributed by atoms with Gasteiger partial charge in [-0.25, -0.2) is 13.6 Å². The Hall–Kier alpha value is -1.82. The molecule has 7 nitrogen and oxygen atoms in total. The first-order valence-electron chi connectivity index (χ1n) is 5.60. The van der Waals surface area contributed by atoms with E-state index in [1.807, 2.05) is 11.0 Å². The third-order valence-electron chi connectivity index (χ3n) is 2.88. The van der Waals surface area contributed by atoms with Gasteiger partial charge in [-0.1, -0.05) is 0 Å². The number of nitrogens with two attached hydrogens (primary N) is 2. The molecule has 0 radical (unpaired) electrons. The van der Waals surface area contributed by atoms with E-state index >= 15 is 0 Å². The molecule has 0 saturated carbocycles. The van der Waals surface area contributed by atoms with E-state index in [-0.39, 0.29) is 4.90 Å². The van der Waals surface area contributed by atoms with Gasteiger partial charge in [-0.15, -0.1) is 0 Å². The van der Waals surface area contributed by atoms with Crippen molar-refractivity contribution in [2.45, 2.75) is 11.0 Å². The summed E-state index contributed by atoms with van der Waals surface area (Å²) in [5.41, 5.74) is 6.84. The quantitative estimate of drug-likeness (QED) is 0.714. The molecule has 1 atom stereocenters. The molecule has 1 unspecified atom stereocenters. The molecule has 1 heterocycles. The van der Waals surface area contributed by atoms with Crippen molar-refractivity contribution in [3.63, 3.8) is 0 Å². The van der Waals surface area contributed by atoms with Gasteiger partial charge in [0.05, 0.1) is 35.5 Å². The first-order chi connectivity index (χ1) is 8.91. The van der Waals surface area contributed by atoms with Crippen molar-refractivity contribution in [2.75, 3.05) is 30.3 Å². The topological polar surface area (TPSA) is 122 Å². The average Bonchev–Trinajstić information content (AvgIpc) is 2.37. The van der Waals surface area contributed by atoms with Crippen molar-refractivity contribution >= 4 is 21.4 Å². The summed E-state index contributed by atoms with van der Waals surface area (Å²) >= 11 is 0. The van der Waals surface area contributed by atoms with E-state index in [9.17, 15) is 8.42 Å². The lowest BCUT2D eigenvalue weighted by Crippen LogP contribution is -2.42. The molecule has 1 aromatic carbocycles. The maximum Gasteiger partial charge on any atom is 0.238 e. The Kier molecular flexibility index (Phi) is 3.61. The second-order valence-corrected chi connectivity index (χ2v) is 5.76. The molecule has 1 aromatic rings. The Bertz CT molecular complexity index is 623. The van der Waals surface area contributed by atoms with Crippen LogP contribution < -0.4 is 15.8 Å². The van der Waals surface area contributed by atoms with Gasteiger partial charge in [-0.05, 0) is 18.2 Å². The molecule has 0 spiro atoms. The summed E-state index contributed by atoms with van der Waals surface area (Å²) in [6.45, 7) is 1.42. The van der Waals surface area contributed by atoms with Gasteiger partial charge < -0.3 is 15.4 Å². The van der Waals surface area contributed by atoms with Gasteiger partial charge in [0, 0.05) is 6.54 Å². The van der Waals surface area contributed by atoms with Gasteiger partial charge in [0.15, 0.2) is 6.10 Å². The lowest BCUT2D eigenvalue weighted by atomic mass is 10.2. The van der Waals surface area contributed by atoms with Crippen LogP contribution in [0.4, 0.5) is 11.4 Å². The Morgan fingerprint density at radius 1 is 1.47 bits per heavy atom. The third kappa shape index (κ3) is 2.96. The predicted octanol–water partition coefficient (Wildman–Crippen LogP) is -0.355. The van der Waals surface area contributed by atoms with E-state index in [0.29, 0.717) is 31.1 Å². The van der Waals surface area contributed by atoms with Crippen LogP contribution in [0, 0.1) is 11.3 Å². The summed E-state index contributed by atoms with van der Waals surface area (Å²) in [5.74, 6) is 0. The van der Waals surface area contributed by atoms with Crippen molar-refractivity contribution < 1.29 is 13.2 Å². The Morgan fingerprint density at radius 2 is 2.21 bits per heavy atom. The molecule has 1 fully saturated rings. The smallest absolute Gasteiger partial charge is 0.238 e. The number of sulfonamides is 1. The van der Waals surface area contributed by atoms with Crippen LogP contribution in [0.2, 0.25) is 0 Å². The molecule has 4 N–H and O–H groups in total. The van der Waals surface area contributed by atoms with Crippen molar-refractivity contribution in [1.29, 1.82) is 5.26 Å². The van der Waals surface area contributed by atoms with E-state index in [1.165, 1.54) is 12.1 Å². The van der Waals surface area contributed by atoms with E-state index in [2.05, 4.69) is 0 Å². The van der Waals surface area contributed by atoms with Gasteiger partial charge in [0.2, 0.25) is 10.0 Å². The Balaban J connectivity index is 2.29. The monoisotopic (exact) mass is 282 g/mol. The van der Waals surface area contributed by atoms with Crippen LogP contribution in [0.5, 0.6) is 0 Å². The number of anilines is 2. The van der Waals surface area contributed by atoms with Crippen LogP contribution in [0.25, 0.3) is 0 Å². The molecule has 1 aliphatic heterocycles. The molecule has 102 valence electrons. The maximum absolute atomic E-state index is 11.2. The lowest BCUT2D eigenvalue weighted by molar-refractivity contribution is 0.0765. The van der Waals surface area contributed by atoms with Crippen LogP contribution in [0.3, 0.4) is 0 Å². The maximum atomic E-state index is 11.2. The van der Waals surface area contributed by atoms with Crippen LogP contribution >= 0.6 is 0 Å². The minimum absolute atomic E-state index is 0.0288. The number of nitrogens with zero attached hydrogens (tertiary/aromatic N) is 2. The molecule has 0 bridgehead atoms. The van der Waals surface area contributed by atoms with Gasteiger partial charge in [0.25, 0.3) is 0 Å². The largest absolute Gasteiger partial charge is 0.397 e. The second-order valence-electron chi connectivity index (χ2n) is 4.20. The number of benzene rings is 1. The highest BCUT2D eigenvalue weighted by Crippen LogP contribution is 2.27. The van der Waals surface area contributed by atoms with E-state index in [4.69, 9.17) is 20.9 Å². The molecule has 2 rings (SSSR count). The summed E-state index contributed by atoms with van der Waals surface area (Å²) in [4.78, 5) is 1.86. The summed E-state index contributed by atoms with van der Waals surface area (Å²) in [6.07, 6.45) is -0.508. The fourth-order valence-corrected chi connectivity index (χ4v) is 2.49. The molecule has 8 heteroatoms. The summed E-state index contributed by atoms with van der Waals surface area (Å²) < 4.78 is 27.7. The summed E-state index contributed by atoms with van der Waals surface area (Å²) in [5, 5.41) is 13.9. The zero-order valence-electron chi connectivity index (χ0n) is 10.1. The van der Waals surface area contributed by atoms with Gasteiger partial charge >= 0.3 is 0 Å². The van der Waals surface area contributed by atoms with Crippen molar-refractivity contribution in [3.8, 4) is 6.07 Å². The van der Waals surface area contributed by atoms with Crippen LogP contribution in [-0.2, 0) is 14.8 Å². The molecule has 1 aliphatic rings. The third-order valence-corrected chi connectivity index (χ3v) is 3.79. The first-order valence-corrected chi connectivity index (χ1v) is 7.15. The van der Waals surface area contributed by atoms with Crippen LogP contribution in [-0.4, -0.2) is 34.2 Å². The minimum atomic E-state index is -3.76. The molecule has 0 aliphatic carbocycles. The number of hydrogen-bond acceptors (Lipinski definition) is 6. The first kappa shape index (κ1) is 13.6. The minimum Gasteiger partial charge on any atom is -0.397 e. The number of primary sulfonamides is 1.